The molecule has 1 heteroatoms. The fourth-order valence-corrected chi connectivity index (χ4v) is 3.26. The fourth-order valence-electron chi connectivity index (χ4n) is 3.26. The van der Waals surface area contributed by atoms with Gasteiger partial charge < -0.3 is 5.32 Å². The van der Waals surface area contributed by atoms with Crippen LogP contribution in [-0.2, 0) is 6.54 Å². The van der Waals surface area contributed by atoms with Crippen molar-refractivity contribution < 1.29 is 0 Å². The molecule has 0 bridgehead atoms. The summed E-state index contributed by atoms with van der Waals surface area (Å²) in [6.07, 6.45) is 0. The lowest BCUT2D eigenvalue weighted by atomic mass is 9.92. The second kappa shape index (κ2) is 4.71. The highest BCUT2D eigenvalue weighted by atomic mass is 14.9. The molecule has 4 aromatic rings. The van der Waals surface area contributed by atoms with E-state index in [1.165, 1.54) is 37.9 Å². The van der Waals surface area contributed by atoms with E-state index in [1.54, 1.807) is 0 Å². The van der Waals surface area contributed by atoms with Crippen LogP contribution in [0.5, 0.6) is 0 Å². The maximum Gasteiger partial charge on any atom is 0.0214 e. The van der Waals surface area contributed by atoms with Crippen molar-refractivity contribution in [2.45, 2.75) is 26.4 Å². The standard InChI is InChI=1S/C20H19N/c1-13(2)21-12-17-9-8-16-7-6-14-4-3-5-15-10-11-18(17)20(16)19(14)15/h3-11,13,21H,12H2,1-2H3. The van der Waals surface area contributed by atoms with Gasteiger partial charge in [-0.2, -0.15) is 0 Å². The predicted molar refractivity (Wildman–Crippen MR) is 92.1 cm³/mol. The average Bonchev–Trinajstić information content (AvgIpc) is 2.51. The lowest BCUT2D eigenvalue weighted by molar-refractivity contribution is 0.591. The van der Waals surface area contributed by atoms with Crippen molar-refractivity contribution >= 4 is 32.3 Å². The van der Waals surface area contributed by atoms with Gasteiger partial charge in [0.2, 0.25) is 0 Å². The Morgan fingerprint density at radius 1 is 0.762 bits per heavy atom. The number of rotatable bonds is 3. The second-order valence-corrected chi connectivity index (χ2v) is 6.12. The normalized spacial score (nSPS) is 12.1. The third-order valence-corrected chi connectivity index (χ3v) is 4.32. The molecule has 0 saturated carbocycles. The van der Waals surface area contributed by atoms with E-state index in [1.807, 2.05) is 0 Å². The Morgan fingerprint density at radius 2 is 1.38 bits per heavy atom. The molecule has 0 unspecified atom stereocenters. The highest BCUT2D eigenvalue weighted by molar-refractivity contribution is 6.23. The van der Waals surface area contributed by atoms with E-state index in [0.717, 1.165) is 6.54 Å². The van der Waals surface area contributed by atoms with Gasteiger partial charge in [-0.1, -0.05) is 68.4 Å². The van der Waals surface area contributed by atoms with Crippen molar-refractivity contribution in [3.63, 3.8) is 0 Å². The summed E-state index contributed by atoms with van der Waals surface area (Å²) in [5, 5.41) is 11.7. The van der Waals surface area contributed by atoms with Crippen LogP contribution in [0.4, 0.5) is 0 Å². The van der Waals surface area contributed by atoms with Gasteiger partial charge in [0.25, 0.3) is 0 Å². The summed E-state index contributed by atoms with van der Waals surface area (Å²) in [6, 6.07) is 20.6. The van der Waals surface area contributed by atoms with Crippen molar-refractivity contribution in [2.24, 2.45) is 0 Å². The van der Waals surface area contributed by atoms with Crippen molar-refractivity contribution in [3.8, 4) is 0 Å². The zero-order chi connectivity index (χ0) is 14.4. The predicted octanol–water partition coefficient (Wildman–Crippen LogP) is 5.08. The Hall–Kier alpha value is -2.12. The zero-order valence-electron chi connectivity index (χ0n) is 12.5. The Morgan fingerprint density at radius 3 is 2.10 bits per heavy atom. The van der Waals surface area contributed by atoms with Crippen LogP contribution in [0.2, 0.25) is 0 Å². The first kappa shape index (κ1) is 12.6. The molecule has 0 aromatic heterocycles. The molecule has 0 fully saturated rings. The van der Waals surface area contributed by atoms with Gasteiger partial charge in [0.1, 0.15) is 0 Å². The number of hydrogen-bond donors (Lipinski definition) is 1. The highest BCUT2D eigenvalue weighted by Crippen LogP contribution is 2.35. The fraction of sp³-hybridized carbons (Fsp3) is 0.200. The molecule has 0 saturated heterocycles. The zero-order valence-corrected chi connectivity index (χ0v) is 12.5. The first-order valence-electron chi connectivity index (χ1n) is 7.63. The molecule has 21 heavy (non-hydrogen) atoms. The molecule has 1 N–H and O–H groups in total. The van der Waals surface area contributed by atoms with Crippen LogP contribution < -0.4 is 5.32 Å². The van der Waals surface area contributed by atoms with Gasteiger partial charge >= 0.3 is 0 Å². The van der Waals surface area contributed by atoms with Crippen molar-refractivity contribution in [3.05, 3.63) is 60.2 Å². The molecule has 0 heterocycles. The lowest BCUT2D eigenvalue weighted by Crippen LogP contribution is -2.21. The third-order valence-electron chi connectivity index (χ3n) is 4.32. The number of benzene rings is 4. The Bertz CT molecular complexity index is 905. The van der Waals surface area contributed by atoms with Crippen molar-refractivity contribution in [1.29, 1.82) is 0 Å². The second-order valence-electron chi connectivity index (χ2n) is 6.12. The first-order valence-corrected chi connectivity index (χ1v) is 7.63. The molecule has 0 aliphatic heterocycles. The molecule has 0 atom stereocenters. The minimum absolute atomic E-state index is 0.503. The summed E-state index contributed by atoms with van der Waals surface area (Å²) in [7, 11) is 0. The van der Waals surface area contributed by atoms with Crippen LogP contribution in [0, 0.1) is 0 Å². The molecule has 0 amide bonds. The summed E-state index contributed by atoms with van der Waals surface area (Å²) < 4.78 is 0. The van der Waals surface area contributed by atoms with Gasteiger partial charge in [0.15, 0.2) is 0 Å². The molecular weight excluding hydrogens is 254 g/mol. The van der Waals surface area contributed by atoms with E-state index >= 15 is 0 Å². The van der Waals surface area contributed by atoms with Gasteiger partial charge in [0, 0.05) is 12.6 Å². The molecule has 1 nitrogen and oxygen atoms in total. The largest absolute Gasteiger partial charge is 0.310 e. The lowest BCUT2D eigenvalue weighted by Gasteiger charge is -2.15. The van der Waals surface area contributed by atoms with E-state index < -0.39 is 0 Å². The average molecular weight is 273 g/mol. The number of nitrogens with one attached hydrogen (secondary N) is 1. The van der Waals surface area contributed by atoms with Crippen LogP contribution in [0.15, 0.2) is 54.6 Å². The molecule has 0 aliphatic rings. The summed E-state index contributed by atoms with van der Waals surface area (Å²) in [6.45, 7) is 5.30. The maximum atomic E-state index is 3.54. The minimum Gasteiger partial charge on any atom is -0.310 e. The first-order chi connectivity index (χ1) is 10.2. The highest BCUT2D eigenvalue weighted by Gasteiger charge is 2.10. The van der Waals surface area contributed by atoms with Crippen LogP contribution in [-0.4, -0.2) is 6.04 Å². The van der Waals surface area contributed by atoms with Crippen molar-refractivity contribution in [1.82, 2.24) is 5.32 Å². The van der Waals surface area contributed by atoms with E-state index in [2.05, 4.69) is 73.8 Å². The van der Waals surface area contributed by atoms with Crippen molar-refractivity contribution in [2.75, 3.05) is 0 Å². The van der Waals surface area contributed by atoms with Crippen LogP contribution in [0.1, 0.15) is 19.4 Å². The third kappa shape index (κ3) is 1.97. The number of hydrogen-bond acceptors (Lipinski definition) is 1. The molecule has 0 radical (unpaired) electrons. The molecule has 104 valence electrons. The Kier molecular flexibility index (Phi) is 2.83. The van der Waals surface area contributed by atoms with Gasteiger partial charge in [-0.3, -0.25) is 0 Å². The monoisotopic (exact) mass is 273 g/mol. The Labute approximate surface area is 124 Å². The van der Waals surface area contributed by atoms with E-state index in [0.29, 0.717) is 6.04 Å². The van der Waals surface area contributed by atoms with Crippen LogP contribution in [0.3, 0.4) is 0 Å². The van der Waals surface area contributed by atoms with E-state index in [-0.39, 0.29) is 0 Å². The molecule has 0 aliphatic carbocycles. The topological polar surface area (TPSA) is 12.0 Å². The van der Waals surface area contributed by atoms with Gasteiger partial charge in [0.05, 0.1) is 0 Å². The van der Waals surface area contributed by atoms with E-state index in [4.69, 9.17) is 0 Å². The molecule has 4 rings (SSSR count). The van der Waals surface area contributed by atoms with E-state index in [9.17, 15) is 0 Å². The molecule has 4 aromatic carbocycles. The SMILES string of the molecule is CC(C)NCc1ccc2ccc3cccc4ccc1c2c34. The summed E-state index contributed by atoms with van der Waals surface area (Å²) >= 11 is 0. The maximum absolute atomic E-state index is 3.54. The summed E-state index contributed by atoms with van der Waals surface area (Å²) in [5.41, 5.74) is 1.38. The Balaban J connectivity index is 2.06. The molecular formula is C20H19N. The quantitative estimate of drug-likeness (QED) is 0.513. The minimum atomic E-state index is 0.503. The van der Waals surface area contributed by atoms with Crippen LogP contribution in [0.25, 0.3) is 32.3 Å². The van der Waals surface area contributed by atoms with Gasteiger partial charge in [-0.25, -0.2) is 0 Å². The van der Waals surface area contributed by atoms with Crippen LogP contribution >= 0.6 is 0 Å². The van der Waals surface area contributed by atoms with Gasteiger partial charge in [-0.15, -0.1) is 0 Å². The summed E-state index contributed by atoms with van der Waals surface area (Å²) in [4.78, 5) is 0. The summed E-state index contributed by atoms with van der Waals surface area (Å²) in [5.74, 6) is 0. The molecule has 0 spiro atoms. The van der Waals surface area contributed by atoms with Gasteiger partial charge in [-0.05, 0) is 37.9 Å². The smallest absolute Gasteiger partial charge is 0.0214 e.